The molecule has 0 unspecified atom stereocenters. The van der Waals surface area contributed by atoms with E-state index >= 15 is 0 Å². The van der Waals surface area contributed by atoms with Crippen molar-refractivity contribution in [1.29, 1.82) is 5.26 Å². The maximum atomic E-state index is 8.89. The van der Waals surface area contributed by atoms with Gasteiger partial charge in [-0.2, -0.15) is 5.26 Å². The predicted octanol–water partition coefficient (Wildman–Crippen LogP) is 1.10. The zero-order valence-electron chi connectivity index (χ0n) is 8.25. The van der Waals surface area contributed by atoms with Crippen LogP contribution in [0.3, 0.4) is 0 Å². The summed E-state index contributed by atoms with van der Waals surface area (Å²) in [5.41, 5.74) is 0.310. The van der Waals surface area contributed by atoms with Gasteiger partial charge in [0.15, 0.2) is 11.5 Å². The normalized spacial score (nSPS) is 9.87. The molecule has 0 bridgehead atoms. The second-order valence-electron chi connectivity index (χ2n) is 2.91. The summed E-state index contributed by atoms with van der Waals surface area (Å²) in [5, 5.41) is 8.89. The average molecular weight is 199 g/mol. The van der Waals surface area contributed by atoms with Gasteiger partial charge in [0.2, 0.25) is 0 Å². The highest BCUT2D eigenvalue weighted by Crippen LogP contribution is 2.10. The van der Waals surface area contributed by atoms with Gasteiger partial charge in [0, 0.05) is 31.2 Å². The van der Waals surface area contributed by atoms with Crippen LogP contribution in [0, 0.1) is 11.3 Å². The van der Waals surface area contributed by atoms with Crippen LogP contribution in [0.15, 0.2) is 24.8 Å². The molecular weight excluding hydrogens is 190 g/mol. The van der Waals surface area contributed by atoms with Crippen molar-refractivity contribution >= 4 is 0 Å². The van der Waals surface area contributed by atoms with Crippen LogP contribution in [0.4, 0.5) is 0 Å². The molecule has 0 atom stereocenters. The Morgan fingerprint density at radius 3 is 2.80 bits per heavy atom. The van der Waals surface area contributed by atoms with Crippen molar-refractivity contribution in [3.63, 3.8) is 0 Å². The van der Waals surface area contributed by atoms with E-state index in [0.29, 0.717) is 11.5 Å². The van der Waals surface area contributed by atoms with E-state index in [0.717, 1.165) is 12.2 Å². The van der Waals surface area contributed by atoms with Crippen LogP contribution in [0.1, 0.15) is 18.4 Å². The van der Waals surface area contributed by atoms with Crippen LogP contribution < -0.4 is 0 Å². The fraction of sp³-hybridized carbons (Fsp3) is 0.200. The summed E-state index contributed by atoms with van der Waals surface area (Å²) in [6.45, 7) is 2.00. The molecule has 0 radical (unpaired) electrons. The van der Waals surface area contributed by atoms with Gasteiger partial charge in [0.25, 0.3) is 0 Å². The Hall–Kier alpha value is -2.22. The van der Waals surface area contributed by atoms with Gasteiger partial charge in [-0.15, -0.1) is 0 Å². The minimum atomic E-state index is 0.310. The van der Waals surface area contributed by atoms with E-state index < -0.39 is 0 Å². The average Bonchev–Trinajstić information content (AvgIpc) is 2.76. The van der Waals surface area contributed by atoms with E-state index in [9.17, 15) is 0 Å². The number of aromatic nitrogens is 4. The largest absolute Gasteiger partial charge is 0.285 e. The van der Waals surface area contributed by atoms with Gasteiger partial charge in [0.05, 0.1) is 0 Å². The molecule has 2 heterocycles. The first-order valence-corrected chi connectivity index (χ1v) is 4.60. The zero-order chi connectivity index (χ0) is 10.7. The third kappa shape index (κ3) is 1.57. The number of nitrogens with zero attached hydrogens (tertiary/aromatic N) is 5. The van der Waals surface area contributed by atoms with Gasteiger partial charge in [-0.05, 0) is 0 Å². The molecule has 0 spiro atoms. The van der Waals surface area contributed by atoms with Crippen molar-refractivity contribution in [3.05, 3.63) is 36.3 Å². The second-order valence-corrected chi connectivity index (χ2v) is 2.91. The molecule has 0 aliphatic rings. The minimum absolute atomic E-state index is 0.310. The lowest BCUT2D eigenvalue weighted by molar-refractivity contribution is 0.855. The minimum Gasteiger partial charge on any atom is -0.285 e. The van der Waals surface area contributed by atoms with Crippen LogP contribution in [0.25, 0.3) is 5.82 Å². The Kier molecular flexibility index (Phi) is 2.42. The van der Waals surface area contributed by atoms with Crippen molar-refractivity contribution in [2.75, 3.05) is 0 Å². The van der Waals surface area contributed by atoms with Crippen LogP contribution in [0.5, 0.6) is 0 Å². The molecule has 0 saturated carbocycles. The Morgan fingerprint density at radius 1 is 1.27 bits per heavy atom. The van der Waals surface area contributed by atoms with Gasteiger partial charge in [-0.3, -0.25) is 4.57 Å². The van der Waals surface area contributed by atoms with Crippen LogP contribution >= 0.6 is 0 Å². The zero-order valence-corrected chi connectivity index (χ0v) is 8.25. The first-order chi connectivity index (χ1) is 7.36. The Morgan fingerprint density at radius 2 is 2.07 bits per heavy atom. The van der Waals surface area contributed by atoms with Crippen molar-refractivity contribution < 1.29 is 0 Å². The summed E-state index contributed by atoms with van der Waals surface area (Å²) in [5.74, 6) is 1.40. The Labute approximate surface area is 87.1 Å². The summed E-state index contributed by atoms with van der Waals surface area (Å²) >= 11 is 0. The lowest BCUT2D eigenvalue weighted by Crippen LogP contribution is -2.05. The maximum Gasteiger partial charge on any atom is 0.183 e. The Balaban J connectivity index is 2.59. The SMILES string of the molecule is CCc1nccn1-c1nccnc1C#N. The molecule has 0 aliphatic heterocycles. The lowest BCUT2D eigenvalue weighted by Gasteiger charge is -2.05. The van der Waals surface area contributed by atoms with Gasteiger partial charge >= 0.3 is 0 Å². The van der Waals surface area contributed by atoms with Crippen molar-refractivity contribution in [3.8, 4) is 11.9 Å². The third-order valence-electron chi connectivity index (χ3n) is 2.05. The molecule has 2 rings (SSSR count). The molecule has 0 aromatic carbocycles. The van der Waals surface area contributed by atoms with Crippen LogP contribution in [0.2, 0.25) is 0 Å². The molecule has 5 heteroatoms. The number of hydrogen-bond acceptors (Lipinski definition) is 4. The van der Waals surface area contributed by atoms with E-state index in [1.807, 2.05) is 13.0 Å². The molecule has 15 heavy (non-hydrogen) atoms. The van der Waals surface area contributed by atoms with Gasteiger partial charge in [0.1, 0.15) is 11.9 Å². The topological polar surface area (TPSA) is 67.4 Å². The van der Waals surface area contributed by atoms with Crippen molar-refractivity contribution in [1.82, 2.24) is 19.5 Å². The summed E-state index contributed by atoms with van der Waals surface area (Å²) in [6, 6.07) is 2.01. The van der Waals surface area contributed by atoms with E-state index in [4.69, 9.17) is 5.26 Å². The van der Waals surface area contributed by atoms with Crippen LogP contribution in [-0.4, -0.2) is 19.5 Å². The van der Waals surface area contributed by atoms with E-state index in [1.165, 1.54) is 6.20 Å². The maximum absolute atomic E-state index is 8.89. The van der Waals surface area contributed by atoms with E-state index in [2.05, 4.69) is 15.0 Å². The fourth-order valence-corrected chi connectivity index (χ4v) is 1.37. The molecule has 0 N–H and O–H groups in total. The molecule has 0 aliphatic carbocycles. The highest BCUT2D eigenvalue weighted by molar-refractivity contribution is 5.38. The molecular formula is C10H9N5. The number of hydrogen-bond donors (Lipinski definition) is 0. The number of imidazole rings is 1. The fourth-order valence-electron chi connectivity index (χ4n) is 1.37. The number of aryl methyl sites for hydroxylation is 1. The third-order valence-corrected chi connectivity index (χ3v) is 2.05. The van der Waals surface area contributed by atoms with E-state index in [1.54, 1.807) is 23.2 Å². The van der Waals surface area contributed by atoms with Gasteiger partial charge < -0.3 is 0 Å². The lowest BCUT2D eigenvalue weighted by atomic mass is 10.4. The van der Waals surface area contributed by atoms with Crippen LogP contribution in [-0.2, 0) is 6.42 Å². The summed E-state index contributed by atoms with van der Waals surface area (Å²) in [4.78, 5) is 12.3. The molecule has 0 saturated heterocycles. The first-order valence-electron chi connectivity index (χ1n) is 4.60. The highest BCUT2D eigenvalue weighted by atomic mass is 15.1. The standard InChI is InChI=1S/C10H9N5/c1-2-9-13-5-6-15(9)10-8(7-11)12-3-4-14-10/h3-6H,2H2,1H3. The monoisotopic (exact) mass is 199 g/mol. The smallest absolute Gasteiger partial charge is 0.183 e. The molecule has 5 nitrogen and oxygen atoms in total. The summed E-state index contributed by atoms with van der Waals surface area (Å²) in [7, 11) is 0. The summed E-state index contributed by atoms with van der Waals surface area (Å²) in [6.07, 6.45) is 7.33. The van der Waals surface area contributed by atoms with E-state index in [-0.39, 0.29) is 0 Å². The van der Waals surface area contributed by atoms with Gasteiger partial charge in [-0.25, -0.2) is 15.0 Å². The Bertz CT molecular complexity index is 509. The highest BCUT2D eigenvalue weighted by Gasteiger charge is 2.09. The number of rotatable bonds is 2. The number of nitriles is 1. The summed E-state index contributed by atoms with van der Waals surface area (Å²) < 4.78 is 1.78. The second kappa shape index (κ2) is 3.88. The van der Waals surface area contributed by atoms with Crippen molar-refractivity contribution in [2.24, 2.45) is 0 Å². The first kappa shape index (κ1) is 9.34. The molecule has 2 aromatic heterocycles. The molecule has 74 valence electrons. The molecule has 2 aromatic rings. The van der Waals surface area contributed by atoms with Crippen molar-refractivity contribution in [2.45, 2.75) is 13.3 Å². The van der Waals surface area contributed by atoms with Gasteiger partial charge in [-0.1, -0.05) is 6.92 Å². The molecule has 0 amide bonds. The molecule has 0 fully saturated rings. The quantitative estimate of drug-likeness (QED) is 0.726. The predicted molar refractivity (Wildman–Crippen MR) is 53.2 cm³/mol.